The zero-order chi connectivity index (χ0) is 8.77. The Balaban J connectivity index is 2.59. The third-order valence-corrected chi connectivity index (χ3v) is 3.49. The maximum Gasteiger partial charge on any atom is 0.425 e. The Hall–Kier alpha value is -0.550. The minimum Gasteiger partial charge on any atom is -0.165 e. The van der Waals surface area contributed by atoms with Gasteiger partial charge in [0.1, 0.15) is 4.88 Å². The lowest BCUT2D eigenvalue weighted by Crippen LogP contribution is -2.00. The van der Waals surface area contributed by atoms with Gasteiger partial charge in [-0.15, -0.1) is 11.3 Å². The van der Waals surface area contributed by atoms with Gasteiger partial charge in [-0.2, -0.15) is 24.5 Å². The van der Waals surface area contributed by atoms with Crippen molar-refractivity contribution >= 4 is 32.8 Å². The Morgan fingerprint density at radius 3 is 2.50 bits per heavy atom. The maximum absolute atomic E-state index is 12.1. The van der Waals surface area contributed by atoms with Gasteiger partial charge >= 0.3 is 6.18 Å². The van der Waals surface area contributed by atoms with E-state index < -0.39 is 11.1 Å². The molecule has 0 saturated carbocycles. The summed E-state index contributed by atoms with van der Waals surface area (Å²) < 4.78 is 37.1. The highest BCUT2D eigenvalue weighted by molar-refractivity contribution is 7.22. The number of halogens is 3. The van der Waals surface area contributed by atoms with Gasteiger partial charge in [0.05, 0.1) is 0 Å². The van der Waals surface area contributed by atoms with E-state index in [0.717, 1.165) is 11.3 Å². The summed E-state index contributed by atoms with van der Waals surface area (Å²) in [5, 5.41) is 4.15. The summed E-state index contributed by atoms with van der Waals surface area (Å²) in [6.45, 7) is 0. The molecule has 0 fully saturated rings. The van der Waals surface area contributed by atoms with Crippen LogP contribution in [0.15, 0.2) is 16.8 Å². The first-order valence-electron chi connectivity index (χ1n) is 3.10. The van der Waals surface area contributed by atoms with Gasteiger partial charge in [-0.05, 0) is 11.4 Å². The van der Waals surface area contributed by atoms with Gasteiger partial charge < -0.3 is 0 Å². The zero-order valence-electron chi connectivity index (χ0n) is 5.68. The molecular formula is C7H3F3S2. The average Bonchev–Trinajstić information content (AvgIpc) is 2.37. The summed E-state index contributed by atoms with van der Waals surface area (Å²) >= 11 is 2.22. The SMILES string of the molecule is FC(F)(F)c1cc2cscc2s1. The summed E-state index contributed by atoms with van der Waals surface area (Å²) in [5.74, 6) is 0. The monoisotopic (exact) mass is 208 g/mol. The maximum atomic E-state index is 12.1. The first-order chi connectivity index (χ1) is 5.57. The molecule has 0 unspecified atom stereocenters. The van der Waals surface area contributed by atoms with Crippen molar-refractivity contribution in [2.24, 2.45) is 0 Å². The van der Waals surface area contributed by atoms with Crippen LogP contribution in [0.25, 0.3) is 10.1 Å². The number of hydrogen-bond acceptors (Lipinski definition) is 2. The molecule has 0 aromatic carbocycles. The normalized spacial score (nSPS) is 12.6. The number of alkyl halides is 3. The van der Waals surface area contributed by atoms with Gasteiger partial charge in [0, 0.05) is 15.5 Å². The van der Waals surface area contributed by atoms with Crippen LogP contribution in [0.4, 0.5) is 13.2 Å². The summed E-state index contributed by atoms with van der Waals surface area (Å²) in [4.78, 5) is -0.514. The molecular weight excluding hydrogens is 205 g/mol. The van der Waals surface area contributed by atoms with E-state index in [1.54, 1.807) is 10.8 Å². The minimum atomic E-state index is -4.19. The van der Waals surface area contributed by atoms with E-state index in [1.165, 1.54) is 17.4 Å². The highest BCUT2D eigenvalue weighted by Gasteiger charge is 2.32. The van der Waals surface area contributed by atoms with Gasteiger partial charge in [-0.3, -0.25) is 0 Å². The van der Waals surface area contributed by atoms with E-state index in [1.807, 2.05) is 0 Å². The highest BCUT2D eigenvalue weighted by Crippen LogP contribution is 2.38. The van der Waals surface area contributed by atoms with Crippen molar-refractivity contribution in [2.75, 3.05) is 0 Å². The van der Waals surface area contributed by atoms with Gasteiger partial charge in [0.15, 0.2) is 0 Å². The highest BCUT2D eigenvalue weighted by atomic mass is 32.1. The van der Waals surface area contributed by atoms with Crippen molar-refractivity contribution in [1.82, 2.24) is 0 Å². The molecule has 0 nitrogen and oxygen atoms in total. The summed E-state index contributed by atoms with van der Waals surface area (Å²) in [5.41, 5.74) is 0. The second-order valence-electron chi connectivity index (χ2n) is 2.30. The van der Waals surface area contributed by atoms with Crippen LogP contribution in [0.2, 0.25) is 0 Å². The lowest BCUT2D eigenvalue weighted by molar-refractivity contribution is -0.134. The van der Waals surface area contributed by atoms with Crippen LogP contribution in [0.5, 0.6) is 0 Å². The van der Waals surface area contributed by atoms with E-state index in [0.29, 0.717) is 10.1 Å². The third-order valence-electron chi connectivity index (χ3n) is 1.44. The molecule has 2 aromatic heterocycles. The van der Waals surface area contributed by atoms with E-state index in [9.17, 15) is 13.2 Å². The van der Waals surface area contributed by atoms with Crippen LogP contribution in [-0.4, -0.2) is 0 Å². The molecule has 0 aliphatic heterocycles. The average molecular weight is 208 g/mol. The molecule has 12 heavy (non-hydrogen) atoms. The van der Waals surface area contributed by atoms with Gasteiger partial charge in [-0.1, -0.05) is 0 Å². The summed E-state index contributed by atoms with van der Waals surface area (Å²) in [7, 11) is 0. The standard InChI is InChI=1S/C7H3F3S2/c8-7(9,10)6-1-4-2-11-3-5(4)12-6/h1-3H. The molecule has 0 aliphatic carbocycles. The third kappa shape index (κ3) is 1.23. The number of thiophene rings is 2. The first kappa shape index (κ1) is 8.07. The largest absolute Gasteiger partial charge is 0.425 e. The van der Waals surface area contributed by atoms with Crippen molar-refractivity contribution in [3.63, 3.8) is 0 Å². The molecule has 0 spiro atoms. The molecule has 2 rings (SSSR count). The first-order valence-corrected chi connectivity index (χ1v) is 4.86. The van der Waals surface area contributed by atoms with Crippen molar-refractivity contribution in [1.29, 1.82) is 0 Å². The fourth-order valence-corrected chi connectivity index (χ4v) is 2.79. The van der Waals surface area contributed by atoms with Gasteiger partial charge in [-0.25, -0.2) is 0 Å². The number of hydrogen-bond donors (Lipinski definition) is 0. The van der Waals surface area contributed by atoms with Crippen LogP contribution >= 0.6 is 22.7 Å². The predicted octanol–water partition coefficient (Wildman–Crippen LogP) is 3.98. The van der Waals surface area contributed by atoms with Crippen LogP contribution < -0.4 is 0 Å². The molecule has 5 heteroatoms. The topological polar surface area (TPSA) is 0 Å². The molecule has 2 aromatic rings. The number of fused-ring (bicyclic) bond motifs is 1. The van der Waals surface area contributed by atoms with E-state index in [4.69, 9.17) is 0 Å². The van der Waals surface area contributed by atoms with Crippen LogP contribution in [0.1, 0.15) is 4.88 Å². The van der Waals surface area contributed by atoms with E-state index in [-0.39, 0.29) is 0 Å². The fourth-order valence-electron chi connectivity index (χ4n) is 0.912. The summed E-state index contributed by atoms with van der Waals surface area (Å²) in [6, 6.07) is 1.19. The molecule has 0 amide bonds. The zero-order valence-corrected chi connectivity index (χ0v) is 7.32. The van der Waals surface area contributed by atoms with Crippen molar-refractivity contribution in [3.8, 4) is 0 Å². The van der Waals surface area contributed by atoms with Crippen molar-refractivity contribution in [3.05, 3.63) is 21.7 Å². The molecule has 0 aliphatic rings. The lowest BCUT2D eigenvalue weighted by Gasteiger charge is -1.99. The molecule has 0 N–H and O–H groups in total. The second-order valence-corrected chi connectivity index (χ2v) is 4.13. The fraction of sp³-hybridized carbons (Fsp3) is 0.143. The Kier molecular flexibility index (Phi) is 1.66. The van der Waals surface area contributed by atoms with Crippen molar-refractivity contribution in [2.45, 2.75) is 6.18 Å². The quantitative estimate of drug-likeness (QED) is 0.614. The Morgan fingerprint density at radius 2 is 1.92 bits per heavy atom. The van der Waals surface area contributed by atoms with Crippen LogP contribution in [0.3, 0.4) is 0 Å². The lowest BCUT2D eigenvalue weighted by atomic mass is 10.4. The number of rotatable bonds is 0. The Morgan fingerprint density at radius 1 is 1.17 bits per heavy atom. The molecule has 0 saturated heterocycles. The van der Waals surface area contributed by atoms with Crippen LogP contribution in [0, 0.1) is 0 Å². The van der Waals surface area contributed by atoms with Gasteiger partial charge in [0.25, 0.3) is 0 Å². The van der Waals surface area contributed by atoms with Crippen molar-refractivity contribution < 1.29 is 13.2 Å². The van der Waals surface area contributed by atoms with E-state index >= 15 is 0 Å². The summed E-state index contributed by atoms with van der Waals surface area (Å²) in [6.07, 6.45) is -4.19. The van der Waals surface area contributed by atoms with Crippen LogP contribution in [-0.2, 0) is 6.18 Å². The minimum absolute atomic E-state index is 0.514. The second kappa shape index (κ2) is 2.47. The smallest absolute Gasteiger partial charge is 0.165 e. The Labute approximate surface area is 74.3 Å². The van der Waals surface area contributed by atoms with E-state index in [2.05, 4.69) is 0 Å². The molecule has 0 radical (unpaired) electrons. The molecule has 2 heterocycles. The Bertz CT molecular complexity index is 367. The van der Waals surface area contributed by atoms with Gasteiger partial charge in [0.2, 0.25) is 0 Å². The molecule has 0 atom stereocenters. The molecule has 0 bridgehead atoms. The molecule has 64 valence electrons. The predicted molar refractivity (Wildman–Crippen MR) is 44.7 cm³/mol.